The smallest absolute Gasteiger partial charge is 0.337 e. The lowest BCUT2D eigenvalue weighted by Gasteiger charge is -2.37. The number of halogens is 2. The molecule has 3 aromatic carbocycles. The summed E-state index contributed by atoms with van der Waals surface area (Å²) in [6.07, 6.45) is 0.446. The summed E-state index contributed by atoms with van der Waals surface area (Å²) < 4.78 is 50.5. The van der Waals surface area contributed by atoms with Gasteiger partial charge in [0.15, 0.2) is 11.5 Å². The number of hydrogen-bond donors (Lipinski definition) is 0. The van der Waals surface area contributed by atoms with Gasteiger partial charge in [-0.2, -0.15) is 0 Å². The summed E-state index contributed by atoms with van der Waals surface area (Å²) in [5.74, 6) is -1.69. The van der Waals surface area contributed by atoms with Crippen LogP contribution in [0.15, 0.2) is 54.6 Å². The second-order valence-corrected chi connectivity index (χ2v) is 8.09. The summed E-state index contributed by atoms with van der Waals surface area (Å²) >= 11 is 0. The van der Waals surface area contributed by atoms with E-state index in [4.69, 9.17) is 18.9 Å². The highest BCUT2D eigenvalue weighted by molar-refractivity contribution is 5.95. The predicted octanol–water partition coefficient (Wildman–Crippen LogP) is 4.59. The molecule has 0 saturated heterocycles. The van der Waals surface area contributed by atoms with Crippen molar-refractivity contribution in [1.82, 2.24) is 4.90 Å². The molecular formula is C27H25F2NO6. The SMILES string of the molecule is COC(=O)c1ccc(OC[C@H]2c3cc(OC)c(OC)cc3CCN2C(=O)c2c(F)cccc2F)cc1. The molecule has 0 aromatic heterocycles. The molecule has 1 amide bonds. The predicted molar refractivity (Wildman–Crippen MR) is 127 cm³/mol. The highest BCUT2D eigenvalue weighted by Gasteiger charge is 2.35. The third-order valence-electron chi connectivity index (χ3n) is 6.12. The molecule has 1 heterocycles. The van der Waals surface area contributed by atoms with Crippen LogP contribution in [-0.2, 0) is 11.2 Å². The Morgan fingerprint density at radius 1 is 0.944 bits per heavy atom. The molecule has 188 valence electrons. The van der Waals surface area contributed by atoms with E-state index in [1.165, 1.54) is 32.3 Å². The van der Waals surface area contributed by atoms with Crippen molar-refractivity contribution in [1.29, 1.82) is 0 Å². The fourth-order valence-corrected chi connectivity index (χ4v) is 4.28. The van der Waals surface area contributed by atoms with E-state index in [0.717, 1.165) is 23.3 Å². The summed E-state index contributed by atoms with van der Waals surface area (Å²) in [5.41, 5.74) is 1.36. The zero-order valence-electron chi connectivity index (χ0n) is 20.0. The Kier molecular flexibility index (Phi) is 7.38. The Hall–Kier alpha value is -4.14. The maximum absolute atomic E-state index is 14.5. The Bertz CT molecular complexity index is 1260. The quantitative estimate of drug-likeness (QED) is 0.445. The Labute approximate surface area is 207 Å². The molecule has 3 aromatic rings. The minimum atomic E-state index is -0.934. The van der Waals surface area contributed by atoms with Crippen molar-refractivity contribution in [3.05, 3.63) is 88.5 Å². The first-order valence-corrected chi connectivity index (χ1v) is 11.2. The normalized spacial score (nSPS) is 14.6. The van der Waals surface area contributed by atoms with Crippen molar-refractivity contribution in [2.45, 2.75) is 12.5 Å². The number of methoxy groups -OCH3 is 3. The lowest BCUT2D eigenvalue weighted by molar-refractivity contribution is 0.0574. The molecule has 1 atom stereocenters. The fourth-order valence-electron chi connectivity index (χ4n) is 4.28. The van der Waals surface area contributed by atoms with Gasteiger partial charge < -0.3 is 23.8 Å². The van der Waals surface area contributed by atoms with E-state index in [2.05, 4.69) is 0 Å². The van der Waals surface area contributed by atoms with Gasteiger partial charge in [-0.3, -0.25) is 4.79 Å². The molecule has 0 aliphatic carbocycles. The standard InChI is InChI=1S/C27H25F2NO6/c1-33-23-13-17-11-12-30(26(31)25-20(28)5-4-6-21(25)29)22(19(17)14-24(23)34-2)15-36-18-9-7-16(8-10-18)27(32)35-3/h4-10,13-14,22H,11-12,15H2,1-3H3/t22-/m0/s1. The van der Waals surface area contributed by atoms with E-state index in [0.29, 0.717) is 29.2 Å². The van der Waals surface area contributed by atoms with Crippen LogP contribution >= 0.6 is 0 Å². The Morgan fingerprint density at radius 3 is 2.19 bits per heavy atom. The largest absolute Gasteiger partial charge is 0.493 e. The van der Waals surface area contributed by atoms with E-state index >= 15 is 0 Å². The van der Waals surface area contributed by atoms with Gasteiger partial charge in [0, 0.05) is 6.54 Å². The van der Waals surface area contributed by atoms with E-state index < -0.39 is 35.1 Å². The van der Waals surface area contributed by atoms with Gasteiger partial charge in [0.05, 0.1) is 32.9 Å². The molecule has 36 heavy (non-hydrogen) atoms. The molecule has 9 heteroatoms. The first kappa shape index (κ1) is 25.0. The van der Waals surface area contributed by atoms with Crippen molar-refractivity contribution in [2.75, 3.05) is 34.5 Å². The molecule has 0 unspecified atom stereocenters. The number of esters is 1. The van der Waals surface area contributed by atoms with Gasteiger partial charge in [0.1, 0.15) is 29.6 Å². The molecule has 0 radical (unpaired) electrons. The number of nitrogens with zero attached hydrogens (tertiary/aromatic N) is 1. The van der Waals surface area contributed by atoms with Crippen LogP contribution in [0.2, 0.25) is 0 Å². The van der Waals surface area contributed by atoms with Crippen LogP contribution in [0, 0.1) is 11.6 Å². The maximum atomic E-state index is 14.5. The molecule has 0 saturated carbocycles. The average Bonchev–Trinajstić information content (AvgIpc) is 2.90. The molecule has 4 rings (SSSR count). The number of amides is 1. The summed E-state index contributed by atoms with van der Waals surface area (Å²) in [5, 5.41) is 0. The van der Waals surface area contributed by atoms with Crippen LogP contribution in [0.4, 0.5) is 8.78 Å². The number of carbonyl (C=O) groups excluding carboxylic acids is 2. The fraction of sp³-hybridized carbons (Fsp3) is 0.259. The molecule has 0 bridgehead atoms. The molecule has 0 spiro atoms. The maximum Gasteiger partial charge on any atom is 0.337 e. The highest BCUT2D eigenvalue weighted by atomic mass is 19.1. The van der Waals surface area contributed by atoms with Gasteiger partial charge in [-0.1, -0.05) is 6.07 Å². The molecule has 7 nitrogen and oxygen atoms in total. The zero-order valence-corrected chi connectivity index (χ0v) is 20.0. The summed E-state index contributed by atoms with van der Waals surface area (Å²) in [4.78, 5) is 26.5. The first-order chi connectivity index (χ1) is 17.4. The van der Waals surface area contributed by atoms with E-state index in [1.807, 2.05) is 6.07 Å². The number of benzene rings is 3. The minimum Gasteiger partial charge on any atom is -0.493 e. The van der Waals surface area contributed by atoms with E-state index in [-0.39, 0.29) is 13.2 Å². The van der Waals surface area contributed by atoms with Crippen molar-refractivity contribution in [3.63, 3.8) is 0 Å². The van der Waals surface area contributed by atoms with Crippen LogP contribution < -0.4 is 14.2 Å². The van der Waals surface area contributed by atoms with Gasteiger partial charge >= 0.3 is 5.97 Å². The summed E-state index contributed by atoms with van der Waals surface area (Å²) in [6, 6.07) is 12.5. The second kappa shape index (κ2) is 10.6. The topological polar surface area (TPSA) is 74.3 Å². The molecular weight excluding hydrogens is 472 g/mol. The van der Waals surface area contributed by atoms with Crippen LogP contribution in [0.3, 0.4) is 0 Å². The zero-order chi connectivity index (χ0) is 25.8. The molecule has 1 aliphatic rings. The third kappa shape index (κ3) is 4.82. The number of carbonyl (C=O) groups is 2. The monoisotopic (exact) mass is 497 g/mol. The van der Waals surface area contributed by atoms with Crippen molar-refractivity contribution >= 4 is 11.9 Å². The molecule has 0 fully saturated rings. The van der Waals surface area contributed by atoms with Gasteiger partial charge in [-0.05, 0) is 66.1 Å². The second-order valence-electron chi connectivity index (χ2n) is 8.09. The van der Waals surface area contributed by atoms with Crippen LogP contribution in [0.25, 0.3) is 0 Å². The molecule has 0 N–H and O–H groups in total. The van der Waals surface area contributed by atoms with Gasteiger partial charge in [-0.25, -0.2) is 13.6 Å². The number of rotatable bonds is 7. The van der Waals surface area contributed by atoms with E-state index in [9.17, 15) is 18.4 Å². The van der Waals surface area contributed by atoms with Crippen LogP contribution in [0.1, 0.15) is 37.9 Å². The Balaban J connectivity index is 1.70. The van der Waals surface area contributed by atoms with Crippen molar-refractivity contribution in [2.24, 2.45) is 0 Å². The number of hydrogen-bond acceptors (Lipinski definition) is 6. The lowest BCUT2D eigenvalue weighted by Crippen LogP contribution is -2.43. The first-order valence-electron chi connectivity index (χ1n) is 11.2. The number of fused-ring (bicyclic) bond motifs is 1. The van der Waals surface area contributed by atoms with Crippen molar-refractivity contribution < 1.29 is 37.3 Å². The number of ether oxygens (including phenoxy) is 4. The van der Waals surface area contributed by atoms with Gasteiger partial charge in [0.2, 0.25) is 0 Å². The average molecular weight is 497 g/mol. The van der Waals surface area contributed by atoms with E-state index in [1.54, 1.807) is 30.3 Å². The van der Waals surface area contributed by atoms with Gasteiger partial charge in [0.25, 0.3) is 5.91 Å². The molecule has 1 aliphatic heterocycles. The van der Waals surface area contributed by atoms with Gasteiger partial charge in [-0.15, -0.1) is 0 Å². The minimum absolute atomic E-state index is 0.0120. The van der Waals surface area contributed by atoms with Crippen LogP contribution in [0.5, 0.6) is 17.2 Å². The Morgan fingerprint density at radius 2 is 1.58 bits per heavy atom. The summed E-state index contributed by atoms with van der Waals surface area (Å²) in [7, 11) is 4.32. The third-order valence-corrected chi connectivity index (χ3v) is 6.12. The summed E-state index contributed by atoms with van der Waals surface area (Å²) in [6.45, 7) is 0.201. The lowest BCUT2D eigenvalue weighted by atomic mass is 9.91. The van der Waals surface area contributed by atoms with Crippen molar-refractivity contribution in [3.8, 4) is 17.2 Å². The van der Waals surface area contributed by atoms with Crippen LogP contribution in [-0.4, -0.2) is 51.3 Å². The highest BCUT2D eigenvalue weighted by Crippen LogP contribution is 2.39.